The molecule has 466 valence electrons. The van der Waals surface area contributed by atoms with Crippen LogP contribution in [-0.4, -0.2) is 20.3 Å². The molecule has 0 spiro atoms. The van der Waals surface area contributed by atoms with Gasteiger partial charge in [0.25, 0.3) is 0 Å². The van der Waals surface area contributed by atoms with E-state index in [-0.39, 0.29) is 11.6 Å². The first kappa shape index (κ1) is 65.1. The Balaban J connectivity index is 1.16. The van der Waals surface area contributed by atoms with Crippen molar-refractivity contribution < 1.29 is 9.59 Å². The summed E-state index contributed by atoms with van der Waals surface area (Å²) in [4.78, 5) is 38.6. The summed E-state index contributed by atoms with van der Waals surface area (Å²) in [6.07, 6.45) is 28.6. The number of hydrogen-bond donors (Lipinski definition) is 0. The number of carbonyl (C=O) groups excluding carboxylic acids is 2. The highest BCUT2D eigenvalue weighted by Gasteiger charge is 2.39. The van der Waals surface area contributed by atoms with Gasteiger partial charge in [0.15, 0.2) is 11.6 Å². The smallest absolute Gasteiger partial charge is 0.196 e. The third kappa shape index (κ3) is 12.9. The van der Waals surface area contributed by atoms with Crippen LogP contribution in [0.25, 0.3) is 81.3 Å². The van der Waals surface area contributed by atoms with Crippen molar-refractivity contribution >= 4 is 131 Å². The molecule has 0 bridgehead atoms. The third-order valence-electron chi connectivity index (χ3n) is 20.6. The molecule has 0 aliphatic heterocycles. The second-order valence-corrected chi connectivity index (χ2v) is 32.4. The number of nitrogens with zero attached hydrogens (tertiary/aromatic N) is 2. The summed E-state index contributed by atoms with van der Waals surface area (Å²) in [5, 5.41) is 5.56. The lowest BCUT2D eigenvalue weighted by Crippen LogP contribution is -2.21. The molecule has 4 unspecified atom stereocenters. The standard InChI is InChI=1S/C78H96N2O2S6/c1-13-21-25-49(17-5)30-35-53-60-41-48(12)83-73(60)54(36-31-50(18-6)26-22-14-2)62-43-65(85-75(53)62)77-67-68(72(82)59-40-47(11)46(10)39-58(59)71(67)81)78(87-77)66-44-63-56(38-33-52(20-8)28-24-16-4)74-61(55(76(63)86-66)37-32-51(19-7)27-23-15-3)42-64(84-74)57-34-29-45(9)69-70(57)80-88-79-69/h29,34,39-44,49-52H,13-28,30-33,35-38H2,1-12H3. The Labute approximate surface area is 550 Å². The molecule has 0 fully saturated rings. The van der Waals surface area contributed by atoms with Crippen LogP contribution >= 0.6 is 68.4 Å². The monoisotopic (exact) mass is 1280 g/mol. The summed E-state index contributed by atoms with van der Waals surface area (Å²) in [5.74, 6) is 2.67. The van der Waals surface area contributed by atoms with E-state index in [9.17, 15) is 0 Å². The van der Waals surface area contributed by atoms with Gasteiger partial charge in [0.05, 0.1) is 32.6 Å². The summed E-state index contributed by atoms with van der Waals surface area (Å²) in [6, 6.07) is 18.6. The van der Waals surface area contributed by atoms with Gasteiger partial charge in [0, 0.05) is 55.0 Å². The fourth-order valence-electron chi connectivity index (χ4n) is 14.8. The van der Waals surface area contributed by atoms with Crippen molar-refractivity contribution in [3.05, 3.63) is 115 Å². The lowest BCUT2D eigenvalue weighted by Gasteiger charge is -2.18. The van der Waals surface area contributed by atoms with Crippen molar-refractivity contribution in [2.75, 3.05) is 0 Å². The number of carbonyl (C=O) groups is 2. The van der Waals surface area contributed by atoms with E-state index in [0.717, 1.165) is 80.2 Å². The highest BCUT2D eigenvalue weighted by Crippen LogP contribution is 2.55. The largest absolute Gasteiger partial charge is 0.289 e. The molecule has 4 atom stereocenters. The van der Waals surface area contributed by atoms with Gasteiger partial charge in [-0.25, -0.2) is 0 Å². The van der Waals surface area contributed by atoms with Crippen molar-refractivity contribution in [1.82, 2.24) is 8.75 Å². The maximum Gasteiger partial charge on any atom is 0.196 e. The predicted octanol–water partition coefficient (Wildman–Crippen LogP) is 26.2. The SMILES string of the molecule is CCCCC(CC)CCc1c2cc(-c3sc(-c4cc5c(CCC(CC)CCCC)c6sc(-c7ccc(C)c8nsnc78)cc6c(CCC(CC)CCCC)c5s4)c4c3C(=O)c3cc(C)c(C)cc3C4=O)sc2c(CCC(CC)CCCC)c2cc(C)sc12. The van der Waals surface area contributed by atoms with E-state index in [1.54, 1.807) is 11.3 Å². The van der Waals surface area contributed by atoms with E-state index in [0.29, 0.717) is 45.9 Å². The molecule has 1 aliphatic rings. The summed E-state index contributed by atoms with van der Waals surface area (Å²) in [5.41, 5.74) is 14.7. The maximum atomic E-state index is 15.9. The molecule has 0 saturated heterocycles. The van der Waals surface area contributed by atoms with E-state index in [1.165, 1.54) is 211 Å². The van der Waals surface area contributed by atoms with Crippen molar-refractivity contribution in [2.24, 2.45) is 23.7 Å². The van der Waals surface area contributed by atoms with Crippen LogP contribution in [0.2, 0.25) is 0 Å². The molecular weight excluding hydrogens is 1190 g/mol. The molecule has 88 heavy (non-hydrogen) atoms. The zero-order valence-electron chi connectivity index (χ0n) is 55.1. The Morgan fingerprint density at radius 3 is 1.14 bits per heavy atom. The van der Waals surface area contributed by atoms with Gasteiger partial charge in [0.2, 0.25) is 0 Å². The summed E-state index contributed by atoms with van der Waals surface area (Å²) >= 11 is 10.8. The molecule has 0 saturated carbocycles. The second-order valence-electron chi connectivity index (χ2n) is 26.4. The van der Waals surface area contributed by atoms with E-state index < -0.39 is 0 Å². The number of thiophene rings is 5. The predicted molar refractivity (Wildman–Crippen MR) is 392 cm³/mol. The van der Waals surface area contributed by atoms with Gasteiger partial charge in [-0.2, -0.15) is 8.75 Å². The molecule has 4 aromatic carbocycles. The summed E-state index contributed by atoms with van der Waals surface area (Å²) in [6.45, 7) is 27.5. The molecule has 10 aromatic rings. The average Bonchev–Trinajstić information content (AvgIpc) is 1.74. The zero-order valence-corrected chi connectivity index (χ0v) is 60.0. The summed E-state index contributed by atoms with van der Waals surface area (Å²) in [7, 11) is 0. The Bertz CT molecular complexity index is 3980. The number of unbranched alkanes of at least 4 members (excludes halogenated alkanes) is 4. The third-order valence-corrected chi connectivity index (χ3v) is 27.5. The van der Waals surface area contributed by atoms with Crippen LogP contribution < -0.4 is 0 Å². The Morgan fingerprint density at radius 2 is 0.739 bits per heavy atom. The molecule has 11 rings (SSSR count). The van der Waals surface area contributed by atoms with Crippen LogP contribution in [0.1, 0.15) is 259 Å². The molecule has 0 amide bonds. The van der Waals surface area contributed by atoms with Crippen LogP contribution in [-0.2, 0) is 25.7 Å². The molecule has 10 heteroatoms. The van der Waals surface area contributed by atoms with Crippen molar-refractivity contribution in [3.63, 3.8) is 0 Å². The van der Waals surface area contributed by atoms with Crippen LogP contribution in [0, 0.1) is 51.4 Å². The first-order chi connectivity index (χ1) is 42.8. The van der Waals surface area contributed by atoms with Crippen molar-refractivity contribution in [2.45, 2.75) is 237 Å². The Hall–Kier alpha value is -4.42. The molecule has 0 radical (unpaired) electrons. The lowest BCUT2D eigenvalue weighted by atomic mass is 9.82. The molecular formula is C78H96N2O2S6. The number of aromatic nitrogens is 2. The fraction of sp³-hybridized carbons (Fsp3) is 0.513. The normalized spacial score (nSPS) is 14.2. The first-order valence-corrected chi connectivity index (χ1v) is 39.2. The minimum absolute atomic E-state index is 0.00503. The van der Waals surface area contributed by atoms with Gasteiger partial charge in [-0.15, -0.1) is 56.7 Å². The zero-order chi connectivity index (χ0) is 61.9. The molecule has 6 heterocycles. The van der Waals surface area contributed by atoms with Crippen LogP contribution in [0.5, 0.6) is 0 Å². The molecule has 0 N–H and O–H groups in total. The van der Waals surface area contributed by atoms with Gasteiger partial charge < -0.3 is 0 Å². The Morgan fingerprint density at radius 1 is 0.375 bits per heavy atom. The number of hydrogen-bond acceptors (Lipinski definition) is 10. The fourth-order valence-corrected chi connectivity index (χ4v) is 21.9. The van der Waals surface area contributed by atoms with E-state index in [4.69, 9.17) is 8.75 Å². The quantitative estimate of drug-likeness (QED) is 0.0434. The molecule has 4 nitrogen and oxygen atoms in total. The topological polar surface area (TPSA) is 59.9 Å². The number of aryl methyl sites for hydroxylation is 8. The van der Waals surface area contributed by atoms with Crippen molar-refractivity contribution in [1.29, 1.82) is 0 Å². The molecule has 1 aliphatic carbocycles. The first-order valence-electron chi connectivity index (χ1n) is 34.4. The van der Waals surface area contributed by atoms with Gasteiger partial charge in [-0.1, -0.05) is 170 Å². The number of benzene rings is 4. The number of ketones is 2. The van der Waals surface area contributed by atoms with Gasteiger partial charge in [0.1, 0.15) is 11.0 Å². The minimum atomic E-state index is -0.00746. The maximum absolute atomic E-state index is 15.9. The van der Waals surface area contributed by atoms with E-state index >= 15 is 9.59 Å². The van der Waals surface area contributed by atoms with Crippen LogP contribution in [0.3, 0.4) is 0 Å². The van der Waals surface area contributed by atoms with E-state index in [1.807, 2.05) is 57.5 Å². The van der Waals surface area contributed by atoms with Gasteiger partial charge in [-0.3, -0.25) is 9.59 Å². The lowest BCUT2D eigenvalue weighted by molar-refractivity contribution is 0.0980. The van der Waals surface area contributed by atoms with Gasteiger partial charge >= 0.3 is 0 Å². The second kappa shape index (κ2) is 29.0. The molecule has 6 aromatic heterocycles. The Kier molecular flexibility index (Phi) is 21.5. The minimum Gasteiger partial charge on any atom is -0.289 e. The number of fused-ring (bicyclic) bond motifs is 7. The van der Waals surface area contributed by atoms with E-state index in [2.05, 4.69) is 119 Å². The van der Waals surface area contributed by atoms with Crippen LogP contribution in [0.4, 0.5) is 0 Å². The van der Waals surface area contributed by atoms with Crippen molar-refractivity contribution in [3.8, 4) is 29.9 Å². The average molecular weight is 1290 g/mol. The summed E-state index contributed by atoms with van der Waals surface area (Å²) < 4.78 is 15.4. The van der Waals surface area contributed by atoms with Crippen LogP contribution in [0.15, 0.2) is 48.5 Å². The number of rotatable bonds is 31. The van der Waals surface area contributed by atoms with Gasteiger partial charge in [-0.05, 0) is 200 Å². The highest BCUT2D eigenvalue weighted by atomic mass is 32.1. The highest BCUT2D eigenvalue weighted by molar-refractivity contribution is 7.30.